The average Bonchev–Trinajstić information content (AvgIpc) is 2.73. The number of carbonyl (C=O) groups excluding carboxylic acids is 1. The second-order valence-corrected chi connectivity index (χ2v) is 4.20. The number of aromatic carboxylic acids is 1. The van der Waals surface area contributed by atoms with E-state index in [-0.39, 0.29) is 18.0 Å². The Hall–Kier alpha value is -2.50. The number of ketones is 1. The van der Waals surface area contributed by atoms with Crippen LogP contribution in [0.1, 0.15) is 39.3 Å². The number of carboxylic acid groups (broad SMARTS) is 1. The first kappa shape index (κ1) is 12.9. The second-order valence-electron chi connectivity index (χ2n) is 4.20. The molecule has 0 aliphatic rings. The molecule has 0 aromatic carbocycles. The highest BCUT2D eigenvalue weighted by Crippen LogP contribution is 2.12. The number of aryl methyl sites for hydroxylation is 1. The third-order valence-electron chi connectivity index (χ3n) is 2.69. The Labute approximate surface area is 109 Å². The Balaban J connectivity index is 2.38. The number of rotatable bonds is 4. The van der Waals surface area contributed by atoms with Gasteiger partial charge < -0.3 is 9.67 Å². The van der Waals surface area contributed by atoms with Gasteiger partial charge in [-0.25, -0.2) is 14.8 Å². The third-order valence-corrected chi connectivity index (χ3v) is 2.69. The molecule has 2 aromatic heterocycles. The van der Waals surface area contributed by atoms with Gasteiger partial charge in [0, 0.05) is 18.0 Å². The van der Waals surface area contributed by atoms with E-state index in [9.17, 15) is 9.59 Å². The lowest BCUT2D eigenvalue weighted by Crippen LogP contribution is -2.09. The van der Waals surface area contributed by atoms with Crippen molar-refractivity contribution in [3.63, 3.8) is 0 Å². The average molecular weight is 259 g/mol. The summed E-state index contributed by atoms with van der Waals surface area (Å²) in [7, 11) is 0. The van der Waals surface area contributed by atoms with Gasteiger partial charge in [0.2, 0.25) is 0 Å². The van der Waals surface area contributed by atoms with Gasteiger partial charge in [0.1, 0.15) is 11.5 Å². The topological polar surface area (TPSA) is 85.1 Å². The number of hydrogen-bond acceptors (Lipinski definition) is 4. The summed E-state index contributed by atoms with van der Waals surface area (Å²) in [6.45, 7) is 3.46. The molecule has 0 bridgehead atoms. The van der Waals surface area contributed by atoms with Crippen LogP contribution in [0.2, 0.25) is 0 Å². The summed E-state index contributed by atoms with van der Waals surface area (Å²) in [6, 6.07) is 3.09. The van der Waals surface area contributed by atoms with E-state index in [2.05, 4.69) is 9.97 Å². The van der Waals surface area contributed by atoms with Crippen molar-refractivity contribution in [1.82, 2.24) is 14.5 Å². The van der Waals surface area contributed by atoms with Crippen molar-refractivity contribution in [3.05, 3.63) is 47.3 Å². The lowest BCUT2D eigenvalue weighted by molar-refractivity contribution is 0.0685. The Bertz CT molecular complexity index is 646. The van der Waals surface area contributed by atoms with Crippen LogP contribution >= 0.6 is 0 Å². The maximum absolute atomic E-state index is 11.3. The summed E-state index contributed by atoms with van der Waals surface area (Å²) < 4.78 is 1.50. The zero-order valence-electron chi connectivity index (χ0n) is 10.6. The molecule has 0 saturated carbocycles. The summed E-state index contributed by atoms with van der Waals surface area (Å²) in [4.78, 5) is 30.7. The van der Waals surface area contributed by atoms with Crippen molar-refractivity contribution in [3.8, 4) is 0 Å². The molecule has 2 heterocycles. The van der Waals surface area contributed by atoms with Crippen LogP contribution in [-0.4, -0.2) is 31.4 Å². The Kier molecular flexibility index (Phi) is 3.41. The van der Waals surface area contributed by atoms with Gasteiger partial charge in [-0.1, -0.05) is 0 Å². The van der Waals surface area contributed by atoms with Crippen molar-refractivity contribution < 1.29 is 14.7 Å². The maximum Gasteiger partial charge on any atom is 0.352 e. The molecule has 0 aliphatic carbocycles. The number of nitrogens with zero attached hydrogens (tertiary/aromatic N) is 3. The quantitative estimate of drug-likeness (QED) is 0.842. The van der Waals surface area contributed by atoms with Crippen LogP contribution in [0.25, 0.3) is 0 Å². The smallest absolute Gasteiger partial charge is 0.352 e. The molecule has 6 nitrogen and oxygen atoms in total. The molecule has 0 unspecified atom stereocenters. The van der Waals surface area contributed by atoms with Gasteiger partial charge in [0.25, 0.3) is 0 Å². The fourth-order valence-electron chi connectivity index (χ4n) is 1.78. The van der Waals surface area contributed by atoms with Crippen LogP contribution in [-0.2, 0) is 6.54 Å². The van der Waals surface area contributed by atoms with E-state index in [1.54, 1.807) is 19.2 Å². The second kappa shape index (κ2) is 5.01. The van der Waals surface area contributed by atoms with Gasteiger partial charge in [-0.3, -0.25) is 4.79 Å². The van der Waals surface area contributed by atoms with Crippen LogP contribution < -0.4 is 0 Å². The normalized spacial score (nSPS) is 10.4. The highest BCUT2D eigenvalue weighted by Gasteiger charge is 2.15. The minimum Gasteiger partial charge on any atom is -0.477 e. The molecule has 6 heteroatoms. The third kappa shape index (κ3) is 2.85. The first-order valence-electron chi connectivity index (χ1n) is 5.70. The molecule has 2 rings (SSSR count). The first-order chi connectivity index (χ1) is 8.97. The highest BCUT2D eigenvalue weighted by atomic mass is 16.4. The summed E-state index contributed by atoms with van der Waals surface area (Å²) in [5.41, 5.74) is 1.14. The molecule has 0 saturated heterocycles. The summed E-state index contributed by atoms with van der Waals surface area (Å²) in [6.07, 6.45) is 3.15. The highest BCUT2D eigenvalue weighted by molar-refractivity contribution is 5.97. The standard InChI is InChI=1S/C13H13N3O3/c1-8(17)10-5-12(13(18)19)16(6-10)7-11-3-4-14-9(2)15-11/h3-6H,7H2,1-2H3,(H,18,19). The van der Waals surface area contributed by atoms with Crippen LogP contribution in [0.15, 0.2) is 24.5 Å². The number of Topliss-reactive ketones (excluding diaryl/α,β-unsaturated/α-hetero) is 1. The van der Waals surface area contributed by atoms with Gasteiger partial charge in [-0.15, -0.1) is 0 Å². The van der Waals surface area contributed by atoms with Gasteiger partial charge in [0.15, 0.2) is 5.78 Å². The molecule has 0 fully saturated rings. The molecule has 2 aromatic rings. The molecular formula is C13H13N3O3. The largest absolute Gasteiger partial charge is 0.477 e. The SMILES string of the molecule is CC(=O)c1cc(C(=O)O)n(Cc2ccnc(C)n2)c1. The van der Waals surface area contributed by atoms with Gasteiger partial charge in [0.05, 0.1) is 12.2 Å². The predicted molar refractivity (Wildman–Crippen MR) is 67.3 cm³/mol. The summed E-state index contributed by atoms with van der Waals surface area (Å²) >= 11 is 0. The fraction of sp³-hybridized carbons (Fsp3) is 0.231. The van der Waals surface area contributed by atoms with Crippen molar-refractivity contribution >= 4 is 11.8 Å². The van der Waals surface area contributed by atoms with Gasteiger partial charge >= 0.3 is 5.97 Å². The van der Waals surface area contributed by atoms with Gasteiger partial charge in [-0.2, -0.15) is 0 Å². The van der Waals surface area contributed by atoms with Gasteiger partial charge in [-0.05, 0) is 26.0 Å². The molecule has 1 N–H and O–H groups in total. The van der Waals surface area contributed by atoms with Crippen molar-refractivity contribution in [2.24, 2.45) is 0 Å². The maximum atomic E-state index is 11.3. The van der Waals surface area contributed by atoms with Crippen molar-refractivity contribution in [2.45, 2.75) is 20.4 Å². The molecule has 0 amide bonds. The monoisotopic (exact) mass is 259 g/mol. The first-order valence-corrected chi connectivity index (χ1v) is 5.70. The predicted octanol–water partition coefficient (Wildman–Crippen LogP) is 1.54. The fourth-order valence-corrected chi connectivity index (χ4v) is 1.78. The van der Waals surface area contributed by atoms with Crippen LogP contribution in [0, 0.1) is 6.92 Å². The Morgan fingerprint density at radius 3 is 2.74 bits per heavy atom. The zero-order valence-corrected chi connectivity index (χ0v) is 10.6. The number of carboxylic acids is 1. The molecule has 0 spiro atoms. The van der Waals surface area contributed by atoms with Crippen molar-refractivity contribution in [2.75, 3.05) is 0 Å². The van der Waals surface area contributed by atoms with Crippen LogP contribution in [0.4, 0.5) is 0 Å². The van der Waals surface area contributed by atoms with E-state index in [4.69, 9.17) is 5.11 Å². The minimum absolute atomic E-state index is 0.0708. The number of aromatic nitrogens is 3. The molecule has 0 radical (unpaired) electrons. The molecule has 0 aliphatic heterocycles. The minimum atomic E-state index is -1.07. The number of carbonyl (C=O) groups is 2. The lowest BCUT2D eigenvalue weighted by Gasteiger charge is -2.05. The molecule has 19 heavy (non-hydrogen) atoms. The van der Waals surface area contributed by atoms with E-state index in [1.165, 1.54) is 23.8 Å². The number of hydrogen-bond donors (Lipinski definition) is 1. The summed E-state index contributed by atoms with van der Waals surface area (Å²) in [5, 5.41) is 9.13. The molecule has 98 valence electrons. The Morgan fingerprint density at radius 1 is 1.42 bits per heavy atom. The summed E-state index contributed by atoms with van der Waals surface area (Å²) in [5.74, 6) is -0.619. The van der Waals surface area contributed by atoms with Crippen molar-refractivity contribution in [1.29, 1.82) is 0 Å². The molecule has 0 atom stereocenters. The lowest BCUT2D eigenvalue weighted by atomic mass is 10.2. The van der Waals surface area contributed by atoms with E-state index < -0.39 is 5.97 Å². The Morgan fingerprint density at radius 2 is 2.16 bits per heavy atom. The van der Waals surface area contributed by atoms with E-state index in [0.717, 1.165) is 0 Å². The van der Waals surface area contributed by atoms with E-state index >= 15 is 0 Å². The van der Waals surface area contributed by atoms with E-state index in [0.29, 0.717) is 17.1 Å². The van der Waals surface area contributed by atoms with Crippen LogP contribution in [0.3, 0.4) is 0 Å². The zero-order chi connectivity index (χ0) is 14.0. The van der Waals surface area contributed by atoms with E-state index in [1.807, 2.05) is 0 Å². The molecular weight excluding hydrogens is 246 g/mol. The van der Waals surface area contributed by atoms with Crippen LogP contribution in [0.5, 0.6) is 0 Å².